The lowest BCUT2D eigenvalue weighted by atomic mass is 10.1. The number of hydrogen-bond acceptors (Lipinski definition) is 7. The van der Waals surface area contributed by atoms with Crippen molar-refractivity contribution < 1.29 is 34.0 Å². The maximum atomic E-state index is 11.2. The summed E-state index contributed by atoms with van der Waals surface area (Å²) in [5, 5.41) is 18.9. The van der Waals surface area contributed by atoms with E-state index >= 15 is 0 Å². The smallest absolute Gasteiger partial charge is 0.370 e. The van der Waals surface area contributed by atoms with Gasteiger partial charge in [0, 0.05) is 0 Å². The molecule has 7 nitrogen and oxygen atoms in total. The lowest BCUT2D eigenvalue weighted by Gasteiger charge is -2.22. The highest BCUT2D eigenvalue weighted by molar-refractivity contribution is 5.81. The average Bonchev–Trinajstić information content (AvgIpc) is 2.65. The van der Waals surface area contributed by atoms with Gasteiger partial charge in [0.1, 0.15) is 0 Å². The van der Waals surface area contributed by atoms with Gasteiger partial charge in [-0.1, -0.05) is 0 Å². The van der Waals surface area contributed by atoms with E-state index < -0.39 is 42.1 Å². The summed E-state index contributed by atoms with van der Waals surface area (Å²) in [6.45, 7) is 3.40. The van der Waals surface area contributed by atoms with Crippen molar-refractivity contribution in [3.05, 3.63) is 0 Å². The Morgan fingerprint density at radius 2 is 1.88 bits per heavy atom. The van der Waals surface area contributed by atoms with Gasteiger partial charge in [-0.05, 0) is 13.8 Å². The van der Waals surface area contributed by atoms with Crippen LogP contribution in [0.1, 0.15) is 13.8 Å². The quantitative estimate of drug-likeness (QED) is 0.386. The summed E-state index contributed by atoms with van der Waals surface area (Å²) in [5.74, 6) is -4.57. The van der Waals surface area contributed by atoms with Crippen molar-refractivity contribution in [1.29, 1.82) is 0 Å². The summed E-state index contributed by atoms with van der Waals surface area (Å²) in [6, 6.07) is 0. The highest BCUT2D eigenvalue weighted by Gasteiger charge is 2.68. The molecule has 0 aromatic heterocycles. The minimum atomic E-state index is -2.62. The summed E-state index contributed by atoms with van der Waals surface area (Å²) >= 11 is 0. The lowest BCUT2D eigenvalue weighted by Crippen LogP contribution is -2.46. The number of carbonyl (C=O) groups excluding carboxylic acids is 1. The number of rotatable bonds is 0. The third kappa shape index (κ3) is 1.17. The summed E-state index contributed by atoms with van der Waals surface area (Å²) in [6.07, 6.45) is -3.36. The van der Waals surface area contributed by atoms with Crippen LogP contribution in [0.25, 0.3) is 0 Å². The van der Waals surface area contributed by atoms with E-state index in [1.807, 2.05) is 0 Å². The number of fused-ring (bicyclic) bond motifs is 3. The van der Waals surface area contributed by atoms with Gasteiger partial charge in [-0.2, -0.15) is 0 Å². The molecule has 0 aromatic carbocycles. The Bertz CT molecular complexity index is 350. The van der Waals surface area contributed by atoms with Crippen molar-refractivity contribution in [1.82, 2.24) is 0 Å². The van der Waals surface area contributed by atoms with Crippen LogP contribution in [0, 0.1) is 0 Å². The van der Waals surface area contributed by atoms with E-state index in [0.717, 1.165) is 0 Å². The summed E-state index contributed by atoms with van der Waals surface area (Å²) in [5.41, 5.74) is 0. The summed E-state index contributed by atoms with van der Waals surface area (Å²) < 4.78 is 20.9. The number of ether oxygens (including phenoxy) is 4. The van der Waals surface area contributed by atoms with Gasteiger partial charge in [0.15, 0.2) is 30.4 Å². The van der Waals surface area contributed by atoms with Gasteiger partial charge in [-0.15, -0.1) is 0 Å². The van der Waals surface area contributed by atoms with E-state index in [4.69, 9.17) is 18.9 Å². The van der Waals surface area contributed by atoms with Gasteiger partial charge in [0.2, 0.25) is 0 Å². The molecule has 4 atom stereocenters. The molecule has 90 valence electrons. The molecule has 0 saturated carbocycles. The van der Waals surface area contributed by atoms with Crippen LogP contribution < -0.4 is 0 Å². The standard InChI is InChI=1S/C9H12O7/c1-8(2)15-4-3-5(14-6(4)16-8)9(11,12)7(10)13-3/h3-6,11-12H,1-2H3/t3-,4-,5+,6-/m1/s1. The second-order valence-electron chi connectivity index (χ2n) is 4.62. The predicted octanol–water partition coefficient (Wildman–Crippen LogP) is -1.53. The second-order valence-corrected chi connectivity index (χ2v) is 4.62. The Morgan fingerprint density at radius 3 is 2.56 bits per heavy atom. The zero-order valence-electron chi connectivity index (χ0n) is 8.75. The second kappa shape index (κ2) is 2.74. The van der Waals surface area contributed by atoms with Crippen LogP contribution in [0.4, 0.5) is 0 Å². The molecule has 0 amide bonds. The maximum absolute atomic E-state index is 11.2. The molecule has 3 saturated heterocycles. The van der Waals surface area contributed by atoms with E-state index in [9.17, 15) is 15.0 Å². The third-order valence-corrected chi connectivity index (χ3v) is 2.93. The Morgan fingerprint density at radius 1 is 1.19 bits per heavy atom. The minimum Gasteiger partial charge on any atom is -0.452 e. The van der Waals surface area contributed by atoms with E-state index in [0.29, 0.717) is 0 Å². The van der Waals surface area contributed by atoms with Crippen molar-refractivity contribution in [2.45, 2.75) is 50.0 Å². The molecule has 3 heterocycles. The normalized spacial score (nSPS) is 47.6. The van der Waals surface area contributed by atoms with Crippen molar-refractivity contribution >= 4 is 5.97 Å². The maximum Gasteiger partial charge on any atom is 0.370 e. The number of carbonyl (C=O) groups is 1. The van der Waals surface area contributed by atoms with E-state index in [1.165, 1.54) is 0 Å². The predicted molar refractivity (Wildman–Crippen MR) is 45.7 cm³/mol. The van der Waals surface area contributed by atoms with Gasteiger partial charge in [0.05, 0.1) is 0 Å². The zero-order valence-corrected chi connectivity index (χ0v) is 8.75. The fourth-order valence-corrected chi connectivity index (χ4v) is 2.26. The average molecular weight is 232 g/mol. The first kappa shape index (κ1) is 10.4. The molecule has 3 fully saturated rings. The van der Waals surface area contributed by atoms with Gasteiger partial charge in [-0.3, -0.25) is 0 Å². The van der Waals surface area contributed by atoms with Crippen LogP contribution in [-0.4, -0.2) is 52.4 Å². The van der Waals surface area contributed by atoms with Gasteiger partial charge >= 0.3 is 5.97 Å². The molecule has 0 aliphatic carbocycles. The molecule has 0 radical (unpaired) electrons. The number of esters is 1. The topological polar surface area (TPSA) is 94.5 Å². The molecule has 0 bridgehead atoms. The summed E-state index contributed by atoms with van der Waals surface area (Å²) in [7, 11) is 0. The molecular weight excluding hydrogens is 220 g/mol. The molecule has 0 spiro atoms. The Balaban J connectivity index is 1.87. The molecule has 3 aliphatic rings. The number of hydrogen-bond donors (Lipinski definition) is 2. The lowest BCUT2D eigenvalue weighted by molar-refractivity contribution is -0.256. The molecule has 0 unspecified atom stereocenters. The first-order valence-corrected chi connectivity index (χ1v) is 4.98. The molecule has 16 heavy (non-hydrogen) atoms. The van der Waals surface area contributed by atoms with Crippen molar-refractivity contribution in [2.24, 2.45) is 0 Å². The highest BCUT2D eigenvalue weighted by Crippen LogP contribution is 2.44. The van der Waals surface area contributed by atoms with Gasteiger partial charge in [0.25, 0.3) is 5.79 Å². The Kier molecular flexibility index (Phi) is 1.79. The monoisotopic (exact) mass is 232 g/mol. The van der Waals surface area contributed by atoms with E-state index in [-0.39, 0.29) is 0 Å². The minimum absolute atomic E-state index is 0.620. The van der Waals surface area contributed by atoms with Gasteiger partial charge < -0.3 is 29.2 Å². The van der Waals surface area contributed by atoms with Crippen LogP contribution in [0.2, 0.25) is 0 Å². The van der Waals surface area contributed by atoms with Crippen molar-refractivity contribution in [3.8, 4) is 0 Å². The van der Waals surface area contributed by atoms with Crippen LogP contribution in [0.5, 0.6) is 0 Å². The molecule has 3 aliphatic heterocycles. The molecular formula is C9H12O7. The van der Waals surface area contributed by atoms with Crippen LogP contribution >= 0.6 is 0 Å². The fraction of sp³-hybridized carbons (Fsp3) is 0.889. The molecule has 3 rings (SSSR count). The van der Waals surface area contributed by atoms with Crippen molar-refractivity contribution in [2.75, 3.05) is 0 Å². The van der Waals surface area contributed by atoms with Crippen LogP contribution in [0.15, 0.2) is 0 Å². The Labute approximate surface area is 90.8 Å². The SMILES string of the molecule is CC1(C)O[C@H]2O[C@H]3[C@H](OC(=O)C3(O)O)[C@H]2O1. The largest absolute Gasteiger partial charge is 0.452 e. The third-order valence-electron chi connectivity index (χ3n) is 2.93. The van der Waals surface area contributed by atoms with Crippen LogP contribution in [-0.2, 0) is 23.7 Å². The number of aliphatic hydroxyl groups is 2. The first-order chi connectivity index (χ1) is 7.31. The van der Waals surface area contributed by atoms with Gasteiger partial charge in [-0.25, -0.2) is 4.79 Å². The molecule has 2 N–H and O–H groups in total. The molecule has 7 heteroatoms. The van der Waals surface area contributed by atoms with Crippen molar-refractivity contribution in [3.63, 3.8) is 0 Å². The van der Waals surface area contributed by atoms with E-state index in [2.05, 4.69) is 0 Å². The van der Waals surface area contributed by atoms with E-state index in [1.54, 1.807) is 13.8 Å². The highest BCUT2D eigenvalue weighted by atomic mass is 16.9. The first-order valence-electron chi connectivity index (χ1n) is 4.98. The van der Waals surface area contributed by atoms with Crippen LogP contribution in [0.3, 0.4) is 0 Å². The zero-order chi connectivity index (χ0) is 11.7. The Hall–Kier alpha value is -0.730. The molecule has 0 aromatic rings. The fourth-order valence-electron chi connectivity index (χ4n) is 2.26. The summed E-state index contributed by atoms with van der Waals surface area (Å²) in [4.78, 5) is 11.2.